The third kappa shape index (κ3) is 221. The Kier molecular flexibility index (Phi) is 24.3. The van der Waals surface area contributed by atoms with E-state index in [9.17, 15) is 0 Å². The predicted molar refractivity (Wildman–Crippen MR) is 28.4 cm³/mol. The van der Waals surface area contributed by atoms with Gasteiger partial charge in [-0.15, -0.1) is 24.8 Å². The Balaban J connectivity index is -0.0000000450. The molecule has 0 bridgehead atoms. The second-order valence-corrected chi connectivity index (χ2v) is 0.632. The zero-order chi connectivity index (χ0) is 3.58. The van der Waals surface area contributed by atoms with E-state index in [1.54, 1.807) is 0 Å². The van der Waals surface area contributed by atoms with Crippen molar-refractivity contribution in [1.82, 2.24) is 0 Å². The van der Waals surface area contributed by atoms with Crippen molar-refractivity contribution in [3.63, 3.8) is 0 Å². The van der Waals surface area contributed by atoms with Crippen LogP contribution in [0, 0.1) is 0 Å². The van der Waals surface area contributed by atoms with E-state index in [1.807, 2.05) is 0 Å². The Hall–Kier alpha value is 0.500. The van der Waals surface area contributed by atoms with E-state index in [1.165, 1.54) is 6.92 Å². The lowest BCUT2D eigenvalue weighted by molar-refractivity contribution is -0.0228. The normalized spacial score (nSPS) is 6.00. The number of aliphatic hydroxyl groups excluding tert-OH is 1. The average molecular weight is 135 g/mol. The molecule has 0 fully saturated rings. The molecule has 2 nitrogen and oxygen atoms in total. The Bertz CT molecular complexity index is 14.3. The number of hydrogen-bond acceptors (Lipinski definition) is 2. The number of rotatable bonds is 0. The molecule has 0 heterocycles. The summed E-state index contributed by atoms with van der Waals surface area (Å²) in [5.74, 6) is 0. The molecule has 0 saturated carbocycles. The van der Waals surface area contributed by atoms with Crippen LogP contribution in [0.3, 0.4) is 0 Å². The van der Waals surface area contributed by atoms with Gasteiger partial charge in [-0.3, -0.25) is 0 Å². The summed E-state index contributed by atoms with van der Waals surface area (Å²) in [5.41, 5.74) is 0. The van der Waals surface area contributed by atoms with Crippen molar-refractivity contribution in [3.8, 4) is 0 Å². The molecule has 0 aliphatic heterocycles. The molecule has 0 aliphatic carbocycles. The van der Waals surface area contributed by atoms with E-state index in [2.05, 4.69) is 0 Å². The summed E-state index contributed by atoms with van der Waals surface area (Å²) in [5, 5.41) is 15.2. The molecule has 0 aromatic carbocycles. The van der Waals surface area contributed by atoms with Crippen LogP contribution in [0.4, 0.5) is 0 Å². The van der Waals surface area contributed by atoms with Crippen LogP contribution in [0.2, 0.25) is 0 Å². The second kappa shape index (κ2) is 9.09. The van der Waals surface area contributed by atoms with Crippen LogP contribution in [-0.2, 0) is 0 Å². The molecule has 0 aromatic heterocycles. The Labute approximate surface area is 49.0 Å². The van der Waals surface area contributed by atoms with Crippen LogP contribution < -0.4 is 0 Å². The quantitative estimate of drug-likeness (QED) is 0.464. The highest BCUT2D eigenvalue weighted by Crippen LogP contribution is 1.57. The highest BCUT2D eigenvalue weighted by Gasteiger charge is 1.70. The van der Waals surface area contributed by atoms with Gasteiger partial charge < -0.3 is 10.2 Å². The van der Waals surface area contributed by atoms with Crippen molar-refractivity contribution >= 4 is 24.8 Å². The van der Waals surface area contributed by atoms with E-state index in [0.717, 1.165) is 0 Å². The van der Waals surface area contributed by atoms with Crippen molar-refractivity contribution in [1.29, 1.82) is 0 Å². The first kappa shape index (κ1) is 16.1. The monoisotopic (exact) mass is 134 g/mol. The molecule has 0 radical (unpaired) electrons. The van der Waals surface area contributed by atoms with E-state index in [-0.39, 0.29) is 24.8 Å². The highest BCUT2D eigenvalue weighted by atomic mass is 35.5. The minimum atomic E-state index is -1.17. The maximum atomic E-state index is 7.61. The SMILES string of the molecule is CC(O)O.Cl.Cl. The lowest BCUT2D eigenvalue weighted by Gasteiger charge is -1.80. The third-order valence-corrected chi connectivity index (χ3v) is 0. The van der Waals surface area contributed by atoms with Gasteiger partial charge >= 0.3 is 0 Å². The molecule has 42 valence electrons. The minimum absolute atomic E-state index is 0. The molecule has 0 rings (SSSR count). The Morgan fingerprint density at radius 1 is 1.17 bits per heavy atom. The topological polar surface area (TPSA) is 40.5 Å². The minimum Gasteiger partial charge on any atom is -0.368 e. The zero-order valence-corrected chi connectivity index (χ0v) is 4.92. The van der Waals surface area contributed by atoms with E-state index >= 15 is 0 Å². The van der Waals surface area contributed by atoms with Crippen molar-refractivity contribution in [2.75, 3.05) is 0 Å². The highest BCUT2D eigenvalue weighted by molar-refractivity contribution is 5.85. The van der Waals surface area contributed by atoms with Crippen LogP contribution in [0.25, 0.3) is 0 Å². The van der Waals surface area contributed by atoms with Crippen molar-refractivity contribution in [3.05, 3.63) is 0 Å². The van der Waals surface area contributed by atoms with Gasteiger partial charge in [-0.2, -0.15) is 0 Å². The van der Waals surface area contributed by atoms with Gasteiger partial charge in [0.1, 0.15) is 6.29 Å². The summed E-state index contributed by atoms with van der Waals surface area (Å²) >= 11 is 0. The van der Waals surface area contributed by atoms with Crippen molar-refractivity contribution in [2.45, 2.75) is 13.2 Å². The fraction of sp³-hybridized carbons (Fsp3) is 1.00. The molecule has 0 aliphatic rings. The van der Waals surface area contributed by atoms with Crippen LogP contribution in [0.15, 0.2) is 0 Å². The lowest BCUT2D eigenvalue weighted by atomic mass is 10.8. The first-order chi connectivity index (χ1) is 1.73. The van der Waals surface area contributed by atoms with Crippen LogP contribution in [0.1, 0.15) is 6.92 Å². The maximum absolute atomic E-state index is 7.61. The molecular weight excluding hydrogens is 127 g/mol. The van der Waals surface area contributed by atoms with Gasteiger partial charge in [0.15, 0.2) is 0 Å². The fourth-order valence-corrected chi connectivity index (χ4v) is 0. The van der Waals surface area contributed by atoms with E-state index in [0.29, 0.717) is 0 Å². The van der Waals surface area contributed by atoms with E-state index in [4.69, 9.17) is 10.2 Å². The average Bonchev–Trinajstić information content (AvgIpc) is 0.811. The summed E-state index contributed by atoms with van der Waals surface area (Å²) in [6.07, 6.45) is -1.17. The number of halogens is 2. The van der Waals surface area contributed by atoms with Gasteiger partial charge in [0.2, 0.25) is 0 Å². The lowest BCUT2D eigenvalue weighted by Crippen LogP contribution is -1.92. The maximum Gasteiger partial charge on any atom is 0.148 e. The smallest absolute Gasteiger partial charge is 0.148 e. The molecule has 2 N–H and O–H groups in total. The summed E-state index contributed by atoms with van der Waals surface area (Å²) in [6, 6.07) is 0. The van der Waals surface area contributed by atoms with Crippen LogP contribution >= 0.6 is 24.8 Å². The van der Waals surface area contributed by atoms with Gasteiger partial charge in [0.05, 0.1) is 0 Å². The Morgan fingerprint density at radius 2 is 1.17 bits per heavy atom. The molecule has 0 aromatic rings. The van der Waals surface area contributed by atoms with Crippen LogP contribution in [-0.4, -0.2) is 16.5 Å². The summed E-state index contributed by atoms with van der Waals surface area (Å²) in [6.45, 7) is 1.28. The summed E-state index contributed by atoms with van der Waals surface area (Å²) in [7, 11) is 0. The molecule has 0 saturated heterocycles. The fourth-order valence-electron chi connectivity index (χ4n) is 0. The van der Waals surface area contributed by atoms with Crippen molar-refractivity contribution in [2.24, 2.45) is 0 Å². The molecule has 6 heavy (non-hydrogen) atoms. The van der Waals surface area contributed by atoms with Crippen molar-refractivity contribution < 1.29 is 10.2 Å². The molecule has 0 amide bonds. The second-order valence-electron chi connectivity index (χ2n) is 0.632. The van der Waals surface area contributed by atoms with Gasteiger partial charge in [0, 0.05) is 0 Å². The largest absolute Gasteiger partial charge is 0.368 e. The first-order valence-electron chi connectivity index (χ1n) is 1.09. The van der Waals surface area contributed by atoms with Gasteiger partial charge in [-0.05, 0) is 6.92 Å². The molecular formula is C2H8Cl2O2. The molecule has 0 spiro atoms. The number of hydrogen-bond donors (Lipinski definition) is 2. The molecule has 0 unspecified atom stereocenters. The van der Waals surface area contributed by atoms with Gasteiger partial charge in [0.25, 0.3) is 0 Å². The number of aliphatic hydroxyl groups is 2. The zero-order valence-electron chi connectivity index (χ0n) is 3.29. The molecule has 4 heteroatoms. The third-order valence-electron chi connectivity index (χ3n) is 0. The standard InChI is InChI=1S/C2H6O2.2ClH/c1-2(3)4;;/h2-4H,1H3;2*1H. The Morgan fingerprint density at radius 3 is 1.17 bits per heavy atom. The van der Waals surface area contributed by atoms with Crippen LogP contribution in [0.5, 0.6) is 0 Å². The molecule has 0 atom stereocenters. The summed E-state index contributed by atoms with van der Waals surface area (Å²) < 4.78 is 0. The van der Waals surface area contributed by atoms with E-state index < -0.39 is 6.29 Å². The first-order valence-corrected chi connectivity index (χ1v) is 1.09. The predicted octanol–water partition coefficient (Wildman–Crippen LogP) is 0.161. The van der Waals surface area contributed by atoms with Gasteiger partial charge in [-0.25, -0.2) is 0 Å². The summed E-state index contributed by atoms with van der Waals surface area (Å²) in [4.78, 5) is 0. The van der Waals surface area contributed by atoms with Gasteiger partial charge in [-0.1, -0.05) is 0 Å².